The average Bonchev–Trinajstić information content (AvgIpc) is 2.83. The predicted octanol–water partition coefficient (Wildman–Crippen LogP) is 7.29. The van der Waals surface area contributed by atoms with Crippen LogP contribution in [0.4, 0.5) is 5.69 Å². The molecule has 5 aromatic rings. The van der Waals surface area contributed by atoms with Crippen LogP contribution in [0.15, 0.2) is 97.1 Å². The van der Waals surface area contributed by atoms with Crippen LogP contribution in [0.5, 0.6) is 0 Å². The van der Waals surface area contributed by atoms with Gasteiger partial charge in [-0.15, -0.1) is 0 Å². The van der Waals surface area contributed by atoms with E-state index in [9.17, 15) is 0 Å². The van der Waals surface area contributed by atoms with E-state index in [1.807, 2.05) is 24.3 Å². The maximum Gasteiger partial charge on any atom is 0.0745 e. The largest absolute Gasteiger partial charge is 0.380 e. The van der Waals surface area contributed by atoms with Gasteiger partial charge < -0.3 is 5.32 Å². The third kappa shape index (κ3) is 4.85. The van der Waals surface area contributed by atoms with Gasteiger partial charge in [0.05, 0.1) is 16.7 Å². The summed E-state index contributed by atoms with van der Waals surface area (Å²) in [5, 5.41) is 6.62. The van der Waals surface area contributed by atoms with Gasteiger partial charge in [0.1, 0.15) is 0 Å². The molecule has 1 heterocycles. The monoisotopic (exact) mass is 451 g/mol. The van der Waals surface area contributed by atoms with E-state index in [1.165, 1.54) is 16.7 Å². The molecule has 4 aromatic carbocycles. The standard InChI is InChI=1S/C29H26ClN3/c1-33(19-21-9-3-2-4-10-21)20-23-12-6-5-11-22(23)18-31-29-25-13-7-8-14-27(25)32-28-17-24(30)15-16-26(28)29/h2-17H,18-20H2,1H3,(H,31,32). The zero-order valence-corrected chi connectivity index (χ0v) is 19.4. The van der Waals surface area contributed by atoms with Gasteiger partial charge in [-0.1, -0.05) is 84.4 Å². The van der Waals surface area contributed by atoms with Gasteiger partial charge in [-0.2, -0.15) is 0 Å². The van der Waals surface area contributed by atoms with Crippen molar-refractivity contribution >= 4 is 39.1 Å². The van der Waals surface area contributed by atoms with Gasteiger partial charge in [0.15, 0.2) is 0 Å². The topological polar surface area (TPSA) is 28.2 Å². The van der Waals surface area contributed by atoms with Crippen LogP contribution in [0.25, 0.3) is 21.8 Å². The van der Waals surface area contributed by atoms with Crippen LogP contribution in [0, 0.1) is 0 Å². The Bertz CT molecular complexity index is 1400. The Hall–Kier alpha value is -3.40. The normalized spacial score (nSPS) is 11.4. The molecule has 0 bridgehead atoms. The number of para-hydroxylation sites is 1. The molecule has 0 radical (unpaired) electrons. The van der Waals surface area contributed by atoms with E-state index in [-0.39, 0.29) is 0 Å². The molecule has 1 aromatic heterocycles. The molecule has 0 spiro atoms. The minimum Gasteiger partial charge on any atom is -0.380 e. The van der Waals surface area contributed by atoms with Crippen molar-refractivity contribution in [2.75, 3.05) is 12.4 Å². The minimum absolute atomic E-state index is 0.697. The number of rotatable bonds is 7. The predicted molar refractivity (Wildman–Crippen MR) is 140 cm³/mol. The second-order valence-corrected chi connectivity index (χ2v) is 8.88. The van der Waals surface area contributed by atoms with Gasteiger partial charge in [0.2, 0.25) is 0 Å². The molecule has 0 saturated heterocycles. The van der Waals surface area contributed by atoms with E-state index in [4.69, 9.17) is 16.6 Å². The molecule has 0 aliphatic carbocycles. The highest BCUT2D eigenvalue weighted by atomic mass is 35.5. The second kappa shape index (κ2) is 9.62. The van der Waals surface area contributed by atoms with Crippen molar-refractivity contribution in [3.05, 3.63) is 119 Å². The maximum atomic E-state index is 6.26. The van der Waals surface area contributed by atoms with Crippen molar-refractivity contribution < 1.29 is 0 Å². The second-order valence-electron chi connectivity index (χ2n) is 8.45. The first-order valence-corrected chi connectivity index (χ1v) is 11.6. The fourth-order valence-corrected chi connectivity index (χ4v) is 4.53. The molecule has 3 nitrogen and oxygen atoms in total. The van der Waals surface area contributed by atoms with E-state index in [0.717, 1.165) is 47.1 Å². The molecular weight excluding hydrogens is 426 g/mol. The van der Waals surface area contributed by atoms with E-state index in [1.54, 1.807) is 0 Å². The van der Waals surface area contributed by atoms with Crippen molar-refractivity contribution in [3.63, 3.8) is 0 Å². The molecule has 5 rings (SSSR count). The number of aromatic nitrogens is 1. The first-order chi connectivity index (χ1) is 16.2. The Labute approximate surface area is 199 Å². The lowest BCUT2D eigenvalue weighted by Gasteiger charge is -2.20. The van der Waals surface area contributed by atoms with Crippen molar-refractivity contribution in [2.45, 2.75) is 19.6 Å². The van der Waals surface area contributed by atoms with Crippen LogP contribution in [-0.4, -0.2) is 16.9 Å². The van der Waals surface area contributed by atoms with Crippen LogP contribution in [-0.2, 0) is 19.6 Å². The lowest BCUT2D eigenvalue weighted by Crippen LogP contribution is -2.18. The number of fused-ring (bicyclic) bond motifs is 2. The zero-order valence-electron chi connectivity index (χ0n) is 18.6. The highest BCUT2D eigenvalue weighted by molar-refractivity contribution is 6.31. The lowest BCUT2D eigenvalue weighted by atomic mass is 10.0. The van der Waals surface area contributed by atoms with Gasteiger partial charge in [-0.05, 0) is 48.0 Å². The van der Waals surface area contributed by atoms with E-state index in [2.05, 4.69) is 90.1 Å². The number of nitrogens with zero attached hydrogens (tertiary/aromatic N) is 2. The van der Waals surface area contributed by atoms with Crippen molar-refractivity contribution in [1.82, 2.24) is 9.88 Å². The van der Waals surface area contributed by atoms with Gasteiger partial charge in [0, 0.05) is 35.4 Å². The Kier molecular flexibility index (Phi) is 6.25. The first kappa shape index (κ1) is 21.4. The number of hydrogen-bond acceptors (Lipinski definition) is 3. The van der Waals surface area contributed by atoms with Gasteiger partial charge in [-0.25, -0.2) is 4.98 Å². The summed E-state index contributed by atoms with van der Waals surface area (Å²) in [4.78, 5) is 7.17. The first-order valence-electron chi connectivity index (χ1n) is 11.2. The highest BCUT2D eigenvalue weighted by Gasteiger charge is 2.11. The average molecular weight is 452 g/mol. The molecule has 164 valence electrons. The quantitative estimate of drug-likeness (QED) is 0.263. The molecule has 4 heteroatoms. The molecule has 0 fully saturated rings. The van der Waals surface area contributed by atoms with Crippen LogP contribution in [0.1, 0.15) is 16.7 Å². The summed E-state index contributed by atoms with van der Waals surface area (Å²) in [6.07, 6.45) is 0. The highest BCUT2D eigenvalue weighted by Crippen LogP contribution is 2.32. The molecular formula is C29H26ClN3. The summed E-state index contributed by atoms with van der Waals surface area (Å²) < 4.78 is 0. The Morgan fingerprint density at radius 1 is 0.727 bits per heavy atom. The molecule has 0 saturated carbocycles. The number of benzene rings is 4. The molecule has 1 N–H and O–H groups in total. The fraction of sp³-hybridized carbons (Fsp3) is 0.138. The van der Waals surface area contributed by atoms with E-state index < -0.39 is 0 Å². The SMILES string of the molecule is CN(Cc1ccccc1)Cc1ccccc1CNc1c2ccccc2nc2cc(Cl)ccc12. The molecule has 33 heavy (non-hydrogen) atoms. The molecule has 0 unspecified atom stereocenters. The number of anilines is 1. The summed E-state index contributed by atoms with van der Waals surface area (Å²) in [7, 11) is 2.17. The number of nitrogens with one attached hydrogen (secondary N) is 1. The molecule has 0 amide bonds. The van der Waals surface area contributed by atoms with Gasteiger partial charge in [-0.3, -0.25) is 4.90 Å². The third-order valence-corrected chi connectivity index (χ3v) is 6.19. The van der Waals surface area contributed by atoms with Crippen LogP contribution in [0.3, 0.4) is 0 Å². The third-order valence-electron chi connectivity index (χ3n) is 5.95. The summed E-state index contributed by atoms with van der Waals surface area (Å²) in [5.41, 5.74) is 6.91. The Morgan fingerprint density at radius 3 is 2.27 bits per heavy atom. The number of hydrogen-bond donors (Lipinski definition) is 1. The van der Waals surface area contributed by atoms with Crippen LogP contribution in [0.2, 0.25) is 5.02 Å². The summed E-state index contributed by atoms with van der Waals surface area (Å²) in [6.45, 7) is 2.55. The number of halogens is 1. The summed E-state index contributed by atoms with van der Waals surface area (Å²) >= 11 is 6.26. The van der Waals surface area contributed by atoms with Crippen molar-refractivity contribution in [1.29, 1.82) is 0 Å². The van der Waals surface area contributed by atoms with E-state index >= 15 is 0 Å². The fourth-order valence-electron chi connectivity index (χ4n) is 4.37. The van der Waals surface area contributed by atoms with Gasteiger partial charge >= 0.3 is 0 Å². The van der Waals surface area contributed by atoms with Crippen molar-refractivity contribution in [2.24, 2.45) is 0 Å². The summed E-state index contributed by atoms with van der Waals surface area (Å²) in [6, 6.07) is 33.4. The van der Waals surface area contributed by atoms with Gasteiger partial charge in [0.25, 0.3) is 0 Å². The Morgan fingerprint density at radius 2 is 1.42 bits per heavy atom. The number of pyridine rings is 1. The zero-order chi connectivity index (χ0) is 22.6. The van der Waals surface area contributed by atoms with E-state index in [0.29, 0.717) is 5.02 Å². The van der Waals surface area contributed by atoms with Crippen LogP contribution < -0.4 is 5.32 Å². The summed E-state index contributed by atoms with van der Waals surface area (Å²) in [5.74, 6) is 0. The Balaban J connectivity index is 1.42. The maximum absolute atomic E-state index is 6.26. The smallest absolute Gasteiger partial charge is 0.0745 e. The molecule has 0 aliphatic rings. The van der Waals surface area contributed by atoms with Crippen LogP contribution >= 0.6 is 11.6 Å². The van der Waals surface area contributed by atoms with Crippen molar-refractivity contribution in [3.8, 4) is 0 Å². The minimum atomic E-state index is 0.697. The molecule has 0 atom stereocenters. The lowest BCUT2D eigenvalue weighted by molar-refractivity contribution is 0.318. The molecule has 0 aliphatic heterocycles.